The summed E-state index contributed by atoms with van der Waals surface area (Å²) in [5.41, 5.74) is 3.45. The fourth-order valence-electron chi connectivity index (χ4n) is 4.06. The van der Waals surface area contributed by atoms with Crippen molar-refractivity contribution in [2.45, 2.75) is 32.6 Å². The van der Waals surface area contributed by atoms with Crippen LogP contribution in [0.2, 0.25) is 0 Å². The lowest BCUT2D eigenvalue weighted by atomic mass is 9.77. The van der Waals surface area contributed by atoms with Gasteiger partial charge in [-0.05, 0) is 42.4 Å². The molecular formula is C19H23N3O2. The van der Waals surface area contributed by atoms with Gasteiger partial charge in [0.2, 0.25) is 11.8 Å². The zero-order valence-electron chi connectivity index (χ0n) is 14.0. The SMILES string of the molecule is Cc1ccc2c(CC(=O)N3CCC4(CC3)CNC(=O)C4)c[nH]c2c1. The van der Waals surface area contributed by atoms with Gasteiger partial charge in [-0.15, -0.1) is 0 Å². The average molecular weight is 325 g/mol. The fourth-order valence-corrected chi connectivity index (χ4v) is 4.06. The van der Waals surface area contributed by atoms with Gasteiger partial charge in [-0.25, -0.2) is 0 Å². The van der Waals surface area contributed by atoms with E-state index in [1.807, 2.05) is 11.1 Å². The van der Waals surface area contributed by atoms with Gasteiger partial charge < -0.3 is 15.2 Å². The van der Waals surface area contributed by atoms with Gasteiger partial charge in [-0.3, -0.25) is 9.59 Å². The van der Waals surface area contributed by atoms with E-state index in [-0.39, 0.29) is 17.2 Å². The standard InChI is InChI=1S/C19H23N3O2/c1-13-2-3-15-14(11-20-16(15)8-13)9-18(24)22-6-4-19(5-7-22)10-17(23)21-12-19/h2-3,8,11,20H,4-7,9-10,12H2,1H3,(H,21,23). The number of nitrogens with one attached hydrogen (secondary N) is 2. The highest BCUT2D eigenvalue weighted by atomic mass is 16.2. The van der Waals surface area contributed by atoms with Gasteiger partial charge in [-0.1, -0.05) is 12.1 Å². The van der Waals surface area contributed by atoms with Gasteiger partial charge in [0.25, 0.3) is 0 Å². The molecule has 1 aromatic heterocycles. The third-order valence-corrected chi connectivity index (χ3v) is 5.64. The van der Waals surface area contributed by atoms with Crippen molar-refractivity contribution in [3.63, 3.8) is 0 Å². The number of hydrogen-bond acceptors (Lipinski definition) is 2. The highest BCUT2D eigenvalue weighted by Gasteiger charge is 2.41. The van der Waals surface area contributed by atoms with E-state index in [0.29, 0.717) is 12.8 Å². The third-order valence-electron chi connectivity index (χ3n) is 5.64. The maximum Gasteiger partial charge on any atom is 0.227 e. The molecule has 1 spiro atoms. The molecule has 0 aliphatic carbocycles. The van der Waals surface area contributed by atoms with Crippen LogP contribution in [-0.2, 0) is 16.0 Å². The van der Waals surface area contributed by atoms with Crippen molar-refractivity contribution in [3.8, 4) is 0 Å². The molecule has 24 heavy (non-hydrogen) atoms. The first kappa shape index (κ1) is 15.2. The van der Waals surface area contributed by atoms with Gasteiger partial charge in [-0.2, -0.15) is 0 Å². The molecule has 1 aromatic carbocycles. The van der Waals surface area contributed by atoms with E-state index in [4.69, 9.17) is 0 Å². The summed E-state index contributed by atoms with van der Waals surface area (Å²) in [5, 5.41) is 4.07. The molecule has 2 amide bonds. The van der Waals surface area contributed by atoms with Crippen LogP contribution < -0.4 is 5.32 Å². The summed E-state index contributed by atoms with van der Waals surface area (Å²) in [5.74, 6) is 0.340. The smallest absolute Gasteiger partial charge is 0.227 e. The Kier molecular flexibility index (Phi) is 3.59. The Balaban J connectivity index is 1.42. The Labute approximate surface area is 141 Å². The number of aromatic nitrogens is 1. The van der Waals surface area contributed by atoms with Gasteiger partial charge in [0.1, 0.15) is 0 Å². The minimum absolute atomic E-state index is 0.0895. The minimum atomic E-state index is 0.0895. The molecule has 2 aliphatic rings. The zero-order chi connectivity index (χ0) is 16.7. The lowest BCUT2D eigenvalue weighted by Gasteiger charge is -2.38. The number of H-pyrrole nitrogens is 1. The van der Waals surface area contributed by atoms with E-state index < -0.39 is 0 Å². The van der Waals surface area contributed by atoms with Crippen LogP contribution in [0.1, 0.15) is 30.4 Å². The van der Waals surface area contributed by atoms with Crippen molar-refractivity contribution in [2.75, 3.05) is 19.6 Å². The summed E-state index contributed by atoms with van der Waals surface area (Å²) in [6.45, 7) is 4.36. The second kappa shape index (κ2) is 5.65. The van der Waals surface area contributed by atoms with E-state index in [1.54, 1.807) is 0 Å². The first-order chi connectivity index (χ1) is 11.5. The molecule has 2 aromatic rings. The Morgan fingerprint density at radius 1 is 1.29 bits per heavy atom. The molecule has 0 bridgehead atoms. The molecule has 2 saturated heterocycles. The first-order valence-corrected chi connectivity index (χ1v) is 8.66. The number of carbonyl (C=O) groups is 2. The van der Waals surface area contributed by atoms with Crippen molar-refractivity contribution in [1.29, 1.82) is 0 Å². The number of nitrogens with zero attached hydrogens (tertiary/aromatic N) is 1. The predicted octanol–water partition coefficient (Wildman–Crippen LogP) is 2.15. The first-order valence-electron chi connectivity index (χ1n) is 8.66. The molecule has 0 saturated carbocycles. The Hall–Kier alpha value is -2.30. The van der Waals surface area contributed by atoms with Crippen LogP contribution in [0.5, 0.6) is 0 Å². The topological polar surface area (TPSA) is 65.2 Å². The number of piperidine rings is 1. The summed E-state index contributed by atoms with van der Waals surface area (Å²) >= 11 is 0. The molecule has 0 radical (unpaired) electrons. The summed E-state index contributed by atoms with van der Waals surface area (Å²) in [6, 6.07) is 6.28. The van der Waals surface area contributed by atoms with E-state index >= 15 is 0 Å². The molecule has 126 valence electrons. The Bertz CT molecular complexity index is 800. The summed E-state index contributed by atoms with van der Waals surface area (Å²) in [6.07, 6.45) is 4.85. The number of carbonyl (C=O) groups excluding carboxylic acids is 2. The van der Waals surface area contributed by atoms with Crippen LogP contribution in [0, 0.1) is 12.3 Å². The molecule has 0 unspecified atom stereocenters. The summed E-state index contributed by atoms with van der Waals surface area (Å²) in [7, 11) is 0. The van der Waals surface area contributed by atoms with E-state index in [9.17, 15) is 9.59 Å². The lowest BCUT2D eigenvalue weighted by Crippen LogP contribution is -2.44. The molecule has 5 heteroatoms. The Morgan fingerprint density at radius 2 is 2.08 bits per heavy atom. The van der Waals surface area contributed by atoms with Crippen LogP contribution in [0.25, 0.3) is 10.9 Å². The van der Waals surface area contributed by atoms with Gasteiger partial charge in [0.15, 0.2) is 0 Å². The second-order valence-electron chi connectivity index (χ2n) is 7.37. The highest BCUT2D eigenvalue weighted by Crippen LogP contribution is 2.37. The number of rotatable bonds is 2. The maximum absolute atomic E-state index is 12.7. The molecule has 0 atom stereocenters. The molecule has 3 heterocycles. The largest absolute Gasteiger partial charge is 0.361 e. The third kappa shape index (κ3) is 2.68. The molecule has 4 rings (SSSR count). The monoisotopic (exact) mass is 325 g/mol. The van der Waals surface area contributed by atoms with E-state index in [2.05, 4.69) is 35.4 Å². The van der Waals surface area contributed by atoms with Crippen LogP contribution in [-0.4, -0.2) is 41.3 Å². The number of hydrogen-bond donors (Lipinski definition) is 2. The Morgan fingerprint density at radius 3 is 2.79 bits per heavy atom. The highest BCUT2D eigenvalue weighted by molar-refractivity contribution is 5.89. The average Bonchev–Trinajstić information content (AvgIpc) is 3.12. The quantitative estimate of drug-likeness (QED) is 0.888. The van der Waals surface area contributed by atoms with Gasteiger partial charge in [0.05, 0.1) is 6.42 Å². The predicted molar refractivity (Wildman–Crippen MR) is 92.6 cm³/mol. The van der Waals surface area contributed by atoms with Gasteiger partial charge >= 0.3 is 0 Å². The lowest BCUT2D eigenvalue weighted by molar-refractivity contribution is -0.132. The van der Waals surface area contributed by atoms with Crippen LogP contribution in [0.15, 0.2) is 24.4 Å². The molecular weight excluding hydrogens is 302 g/mol. The van der Waals surface area contributed by atoms with E-state index in [0.717, 1.165) is 48.9 Å². The normalized spacial score (nSPS) is 19.9. The molecule has 2 N–H and O–H groups in total. The number of aryl methyl sites for hydroxylation is 1. The van der Waals surface area contributed by atoms with Crippen LogP contribution in [0.4, 0.5) is 0 Å². The summed E-state index contributed by atoms with van der Waals surface area (Å²) in [4.78, 5) is 29.4. The van der Waals surface area contributed by atoms with Gasteiger partial charge in [0, 0.05) is 43.2 Å². The van der Waals surface area contributed by atoms with Crippen molar-refractivity contribution in [1.82, 2.24) is 15.2 Å². The minimum Gasteiger partial charge on any atom is -0.361 e. The summed E-state index contributed by atoms with van der Waals surface area (Å²) < 4.78 is 0. The molecule has 5 nitrogen and oxygen atoms in total. The van der Waals surface area contributed by atoms with Crippen LogP contribution >= 0.6 is 0 Å². The molecule has 2 aliphatic heterocycles. The van der Waals surface area contributed by atoms with Crippen LogP contribution in [0.3, 0.4) is 0 Å². The number of likely N-dealkylation sites (tertiary alicyclic amines) is 1. The fraction of sp³-hybridized carbons (Fsp3) is 0.474. The zero-order valence-corrected chi connectivity index (χ0v) is 14.0. The van der Waals surface area contributed by atoms with Crippen molar-refractivity contribution >= 4 is 22.7 Å². The number of aromatic amines is 1. The van der Waals surface area contributed by atoms with Crippen molar-refractivity contribution in [3.05, 3.63) is 35.5 Å². The molecule has 2 fully saturated rings. The second-order valence-corrected chi connectivity index (χ2v) is 7.37. The number of amides is 2. The van der Waals surface area contributed by atoms with Crippen molar-refractivity contribution in [2.24, 2.45) is 5.41 Å². The maximum atomic E-state index is 12.7. The number of fused-ring (bicyclic) bond motifs is 1. The number of benzene rings is 1. The van der Waals surface area contributed by atoms with E-state index in [1.165, 1.54) is 5.56 Å². The van der Waals surface area contributed by atoms with Crippen molar-refractivity contribution < 1.29 is 9.59 Å².